The molecule has 0 aromatic heterocycles. The van der Waals surface area contributed by atoms with Crippen molar-refractivity contribution in [3.8, 4) is 0 Å². The number of carboxylic acid groups (broad SMARTS) is 5. The molecule has 0 fully saturated rings. The minimum absolute atomic E-state index is 0. The van der Waals surface area contributed by atoms with Gasteiger partial charge in [-0.05, 0) is 0 Å². The summed E-state index contributed by atoms with van der Waals surface area (Å²) in [5.74, 6) is -4.01. The fraction of sp³-hybridized carbons (Fsp3) is 0.417. The molecule has 11 N–H and O–H groups in total. The molecule has 0 saturated carbocycles. The number of hydrogen-bond acceptors (Lipinski definition) is 8. The van der Waals surface area contributed by atoms with Crippen LogP contribution in [-0.4, -0.2) is 55.4 Å². The fourth-order valence-electron chi connectivity index (χ4n) is 0. The number of hydrogen-bond donors (Lipinski definition) is 8. The van der Waals surface area contributed by atoms with Crippen molar-refractivity contribution < 1.29 is 66.6 Å². The van der Waals surface area contributed by atoms with Crippen LogP contribution >= 0.6 is 0 Å². The largest absolute Gasteiger partial charge is 0.481 e. The maximum atomic E-state index is 9.00. The third-order valence-corrected chi connectivity index (χ3v) is 0.192. The van der Waals surface area contributed by atoms with Crippen molar-refractivity contribution in [3.05, 3.63) is 12.0 Å². The van der Waals surface area contributed by atoms with E-state index >= 15 is 0 Å². The van der Waals surface area contributed by atoms with Crippen molar-refractivity contribution in [2.75, 3.05) is 0 Å². The second-order valence-corrected chi connectivity index (χ2v) is 3.26. The van der Waals surface area contributed by atoms with Crippen molar-refractivity contribution in [2.45, 2.75) is 34.6 Å². The molecule has 26 heavy (non-hydrogen) atoms. The molecule has 14 heteroatoms. The molecule has 0 saturated heterocycles. The maximum absolute atomic E-state index is 9.00. The molecule has 0 aromatic rings. The first-order chi connectivity index (χ1) is 10.9. The molecule has 0 aromatic carbocycles. The molecule has 0 rings (SSSR count). The normalized spacial score (nSPS) is 6.04. The predicted molar refractivity (Wildman–Crippen MR) is 87.2 cm³/mol. The number of carboxylic acids is 5. The van der Waals surface area contributed by atoms with Crippen LogP contribution in [0.3, 0.4) is 0 Å². The fourth-order valence-corrected chi connectivity index (χ4v) is 0. The summed E-state index contributed by atoms with van der Waals surface area (Å²) in [5, 5.41) is 37.1. The summed E-state index contributed by atoms with van der Waals surface area (Å²) in [6.07, 6.45) is 1.14. The van der Waals surface area contributed by atoms with Crippen molar-refractivity contribution in [2.24, 2.45) is 17.2 Å². The van der Waals surface area contributed by atoms with Gasteiger partial charge in [-0.1, -0.05) is 0 Å². The Hall–Kier alpha value is -2.99. The monoisotopic (exact) mass is 429 g/mol. The number of aliphatic carboxylic acids is 5. The molecular formula is C12H27FeN3O10. The third-order valence-electron chi connectivity index (χ3n) is 0.192. The quantitative estimate of drug-likeness (QED) is 0.217. The predicted octanol–water partition coefficient (Wildman–Crippen LogP) is -0.887. The standard InChI is InChI=1S/C2H7N3.5C2H4O2.Fe/c3-1-2(4)5;5*1-2(3)4;/h1H,3-5H2;5*1H3,(H,3,4);. The second kappa shape index (κ2) is 37.9. The van der Waals surface area contributed by atoms with Crippen LogP contribution in [0.5, 0.6) is 0 Å². The molecule has 0 aliphatic rings. The molecule has 0 amide bonds. The molecular weight excluding hydrogens is 402 g/mol. The molecule has 0 heterocycles. The second-order valence-electron chi connectivity index (χ2n) is 3.26. The first kappa shape index (κ1) is 43.5. The average molecular weight is 429 g/mol. The summed E-state index contributed by atoms with van der Waals surface area (Å²) in [4.78, 5) is 45.0. The zero-order valence-corrected chi connectivity index (χ0v) is 16.0. The van der Waals surface area contributed by atoms with Gasteiger partial charge in [0, 0.05) is 57.9 Å². The Morgan fingerprint density at radius 1 is 0.577 bits per heavy atom. The van der Waals surface area contributed by atoms with Gasteiger partial charge in [-0.2, -0.15) is 0 Å². The van der Waals surface area contributed by atoms with Gasteiger partial charge in [-0.25, -0.2) is 0 Å². The van der Waals surface area contributed by atoms with E-state index in [1.54, 1.807) is 0 Å². The van der Waals surface area contributed by atoms with Crippen LogP contribution in [-0.2, 0) is 41.0 Å². The first-order valence-electron chi connectivity index (χ1n) is 5.84. The maximum Gasteiger partial charge on any atom is 0.300 e. The van der Waals surface area contributed by atoms with E-state index in [2.05, 4.69) is 0 Å². The van der Waals surface area contributed by atoms with Crippen LogP contribution in [0.2, 0.25) is 0 Å². The van der Waals surface area contributed by atoms with E-state index in [9.17, 15) is 0 Å². The smallest absolute Gasteiger partial charge is 0.300 e. The zero-order valence-electron chi connectivity index (χ0n) is 14.9. The Balaban J connectivity index is -0.0000000331. The summed E-state index contributed by atoms with van der Waals surface area (Å²) in [5.41, 5.74) is 14.4. The molecule has 13 nitrogen and oxygen atoms in total. The van der Waals surface area contributed by atoms with E-state index in [1.165, 1.54) is 0 Å². The molecule has 0 atom stereocenters. The average Bonchev–Trinajstić information content (AvgIpc) is 2.24. The summed E-state index contributed by atoms with van der Waals surface area (Å²) < 4.78 is 0. The van der Waals surface area contributed by atoms with E-state index in [0.717, 1.165) is 40.8 Å². The van der Waals surface area contributed by atoms with Gasteiger partial charge >= 0.3 is 0 Å². The van der Waals surface area contributed by atoms with E-state index in [0.29, 0.717) is 0 Å². The summed E-state index contributed by atoms with van der Waals surface area (Å²) in [6.45, 7) is 5.42. The van der Waals surface area contributed by atoms with E-state index < -0.39 is 29.8 Å². The minimum Gasteiger partial charge on any atom is -0.481 e. The zero-order chi connectivity index (χ0) is 22.2. The van der Waals surface area contributed by atoms with Crippen LogP contribution < -0.4 is 17.2 Å². The minimum atomic E-state index is -0.833. The SMILES string of the molecule is CC(=O)O.CC(=O)O.CC(=O)O.CC(=O)O.CC(=O)O.NC=C(N)N.[Fe]. The van der Waals surface area contributed by atoms with Crippen molar-refractivity contribution in [1.29, 1.82) is 0 Å². The Kier molecular flexibility index (Phi) is 63.4. The van der Waals surface area contributed by atoms with Gasteiger partial charge in [0.05, 0.1) is 0 Å². The van der Waals surface area contributed by atoms with Gasteiger partial charge in [0.2, 0.25) is 0 Å². The van der Waals surface area contributed by atoms with Crippen LogP contribution in [0.4, 0.5) is 0 Å². The van der Waals surface area contributed by atoms with Crippen LogP contribution in [0.15, 0.2) is 12.0 Å². The number of nitrogens with two attached hydrogens (primary N) is 3. The molecule has 0 aliphatic carbocycles. The topological polar surface area (TPSA) is 265 Å². The summed E-state index contributed by atoms with van der Waals surface area (Å²) >= 11 is 0. The Labute approximate surface area is 160 Å². The van der Waals surface area contributed by atoms with Crippen LogP contribution in [0, 0.1) is 0 Å². The third kappa shape index (κ3) is 8570. The van der Waals surface area contributed by atoms with Crippen LogP contribution in [0.1, 0.15) is 34.6 Å². The summed E-state index contributed by atoms with van der Waals surface area (Å²) in [7, 11) is 0. The van der Waals surface area contributed by atoms with Gasteiger partial charge in [-0.3, -0.25) is 24.0 Å². The van der Waals surface area contributed by atoms with Gasteiger partial charge in [0.25, 0.3) is 29.8 Å². The molecule has 0 spiro atoms. The molecule has 0 aliphatic heterocycles. The van der Waals surface area contributed by atoms with Gasteiger partial charge in [0.15, 0.2) is 0 Å². The Bertz CT molecular complexity index is 320. The van der Waals surface area contributed by atoms with Gasteiger partial charge in [0.1, 0.15) is 5.82 Å². The molecule has 158 valence electrons. The van der Waals surface area contributed by atoms with Gasteiger partial charge in [-0.15, -0.1) is 0 Å². The van der Waals surface area contributed by atoms with E-state index in [4.69, 9.17) is 66.7 Å². The van der Waals surface area contributed by atoms with Crippen molar-refractivity contribution in [1.82, 2.24) is 0 Å². The van der Waals surface area contributed by atoms with Crippen LogP contribution in [0.25, 0.3) is 0 Å². The molecule has 0 bridgehead atoms. The Morgan fingerprint density at radius 2 is 0.615 bits per heavy atom. The van der Waals surface area contributed by atoms with E-state index in [1.807, 2.05) is 0 Å². The van der Waals surface area contributed by atoms with E-state index in [-0.39, 0.29) is 22.9 Å². The molecule has 0 radical (unpaired) electrons. The number of rotatable bonds is 0. The van der Waals surface area contributed by atoms with Crippen molar-refractivity contribution in [3.63, 3.8) is 0 Å². The first-order valence-corrected chi connectivity index (χ1v) is 5.84. The number of carbonyl (C=O) groups is 5. The van der Waals surface area contributed by atoms with Crippen molar-refractivity contribution >= 4 is 29.8 Å². The molecule has 0 unspecified atom stereocenters. The van der Waals surface area contributed by atoms with Gasteiger partial charge < -0.3 is 42.7 Å². The summed E-state index contributed by atoms with van der Waals surface area (Å²) in [6, 6.07) is 0. The Morgan fingerprint density at radius 3 is 0.615 bits per heavy atom.